The van der Waals surface area contributed by atoms with Crippen LogP contribution in [0.5, 0.6) is 0 Å². The highest BCUT2D eigenvalue weighted by atomic mass is 35.5. The maximum absolute atomic E-state index is 6.47. The highest BCUT2D eigenvalue weighted by Crippen LogP contribution is 2.37. The van der Waals surface area contributed by atoms with Crippen LogP contribution >= 0.6 is 31.1 Å². The van der Waals surface area contributed by atoms with Crippen LogP contribution in [0.25, 0.3) is 0 Å². The van der Waals surface area contributed by atoms with Gasteiger partial charge >= 0.3 is 0 Å². The molecule has 3 rings (SSSR count). The van der Waals surface area contributed by atoms with Crippen molar-refractivity contribution in [3.05, 3.63) is 88.9 Å². The lowest BCUT2D eigenvalue weighted by molar-refractivity contribution is 1.73. The van der Waals surface area contributed by atoms with Gasteiger partial charge in [-0.25, -0.2) is 0 Å². The van der Waals surface area contributed by atoms with Crippen molar-refractivity contribution in [3.8, 4) is 0 Å². The van der Waals surface area contributed by atoms with Crippen molar-refractivity contribution in [2.75, 3.05) is 0 Å². The molecule has 3 aromatic carbocycles. The molecular formula is C18H13Cl2P. The Morgan fingerprint density at radius 3 is 1.62 bits per heavy atom. The first-order valence-electron chi connectivity index (χ1n) is 6.61. The maximum Gasteiger partial charge on any atom is 0.0675 e. The summed E-state index contributed by atoms with van der Waals surface area (Å²) >= 11 is 12.7. The Morgan fingerprint density at radius 2 is 1.10 bits per heavy atom. The number of benzene rings is 3. The molecule has 0 spiro atoms. The van der Waals surface area contributed by atoms with Crippen molar-refractivity contribution in [2.24, 2.45) is 0 Å². The van der Waals surface area contributed by atoms with Gasteiger partial charge < -0.3 is 0 Å². The third-order valence-corrected chi connectivity index (χ3v) is 6.64. The topological polar surface area (TPSA) is 0 Å². The Kier molecular flexibility index (Phi) is 4.60. The number of hydrogen-bond acceptors (Lipinski definition) is 0. The van der Waals surface area contributed by atoms with Crippen LogP contribution in [-0.4, -0.2) is 0 Å². The fourth-order valence-corrected chi connectivity index (χ4v) is 5.21. The number of rotatable bonds is 3. The average Bonchev–Trinajstić information content (AvgIpc) is 2.54. The number of hydrogen-bond donors (Lipinski definition) is 0. The second-order valence-electron chi connectivity index (χ2n) is 4.58. The van der Waals surface area contributed by atoms with Gasteiger partial charge in [0, 0.05) is 5.30 Å². The molecule has 0 heterocycles. The van der Waals surface area contributed by atoms with Gasteiger partial charge in [0.15, 0.2) is 0 Å². The third kappa shape index (κ3) is 3.14. The summed E-state index contributed by atoms with van der Waals surface area (Å²) in [5.74, 6) is 0. The zero-order chi connectivity index (χ0) is 14.7. The molecule has 0 aliphatic carbocycles. The molecule has 3 heteroatoms. The van der Waals surface area contributed by atoms with Gasteiger partial charge in [-0.2, -0.15) is 0 Å². The summed E-state index contributed by atoms with van der Waals surface area (Å²) in [6.45, 7) is 0. The molecule has 0 nitrogen and oxygen atoms in total. The summed E-state index contributed by atoms with van der Waals surface area (Å²) in [6.07, 6.45) is 0. The largest absolute Gasteiger partial charge is 0.0827 e. The van der Waals surface area contributed by atoms with E-state index in [2.05, 4.69) is 54.6 Å². The van der Waals surface area contributed by atoms with Gasteiger partial charge in [-0.3, -0.25) is 0 Å². The van der Waals surface area contributed by atoms with Crippen LogP contribution in [0.2, 0.25) is 10.0 Å². The van der Waals surface area contributed by atoms with Crippen LogP contribution in [0.1, 0.15) is 0 Å². The van der Waals surface area contributed by atoms with E-state index in [0.29, 0.717) is 10.0 Å². The summed E-state index contributed by atoms with van der Waals surface area (Å²) in [5.41, 5.74) is 0. The molecule has 0 aliphatic heterocycles. The lowest BCUT2D eigenvalue weighted by atomic mass is 10.3. The molecule has 104 valence electrons. The van der Waals surface area contributed by atoms with Gasteiger partial charge in [0.05, 0.1) is 10.0 Å². The summed E-state index contributed by atoms with van der Waals surface area (Å²) in [6, 6.07) is 26.8. The molecule has 0 unspecified atom stereocenters. The molecule has 0 bridgehead atoms. The molecule has 0 amide bonds. The van der Waals surface area contributed by atoms with Crippen molar-refractivity contribution in [3.63, 3.8) is 0 Å². The molecule has 0 radical (unpaired) electrons. The monoisotopic (exact) mass is 330 g/mol. The van der Waals surface area contributed by atoms with Gasteiger partial charge in [0.1, 0.15) is 0 Å². The van der Waals surface area contributed by atoms with Crippen molar-refractivity contribution >= 4 is 47.0 Å². The first-order chi connectivity index (χ1) is 10.3. The van der Waals surface area contributed by atoms with E-state index in [1.54, 1.807) is 0 Å². The van der Waals surface area contributed by atoms with Crippen molar-refractivity contribution < 1.29 is 0 Å². The highest BCUT2D eigenvalue weighted by Gasteiger charge is 2.19. The van der Waals surface area contributed by atoms with Gasteiger partial charge in [0.2, 0.25) is 0 Å². The second-order valence-corrected chi connectivity index (χ2v) is 7.55. The second kappa shape index (κ2) is 6.62. The minimum Gasteiger partial charge on any atom is -0.0827 e. The standard InChI is InChI=1S/C18H13Cl2P/c19-16-12-7-13-17(18(16)20)21(14-8-3-1-4-9-14)15-10-5-2-6-11-15/h1-13H. The minimum atomic E-state index is -0.699. The summed E-state index contributed by atoms with van der Waals surface area (Å²) in [7, 11) is -0.699. The van der Waals surface area contributed by atoms with Gasteiger partial charge in [-0.15, -0.1) is 0 Å². The molecule has 0 N–H and O–H groups in total. The van der Waals surface area contributed by atoms with Crippen molar-refractivity contribution in [2.45, 2.75) is 0 Å². The van der Waals surface area contributed by atoms with Crippen LogP contribution < -0.4 is 15.9 Å². The molecule has 3 aromatic rings. The lowest BCUT2D eigenvalue weighted by Crippen LogP contribution is -2.21. The van der Waals surface area contributed by atoms with E-state index < -0.39 is 7.92 Å². The van der Waals surface area contributed by atoms with Crippen molar-refractivity contribution in [1.82, 2.24) is 0 Å². The number of halogens is 2. The zero-order valence-corrected chi connectivity index (χ0v) is 13.6. The van der Waals surface area contributed by atoms with Gasteiger partial charge in [0.25, 0.3) is 0 Å². The van der Waals surface area contributed by atoms with E-state index >= 15 is 0 Å². The summed E-state index contributed by atoms with van der Waals surface area (Å²) in [4.78, 5) is 0. The van der Waals surface area contributed by atoms with E-state index in [-0.39, 0.29) is 0 Å². The Bertz CT molecular complexity index is 687. The van der Waals surface area contributed by atoms with E-state index in [9.17, 15) is 0 Å². The highest BCUT2D eigenvalue weighted by molar-refractivity contribution is 7.80. The molecule has 21 heavy (non-hydrogen) atoms. The normalized spacial score (nSPS) is 10.8. The molecule has 0 aliphatic rings. The molecule has 0 saturated heterocycles. The van der Waals surface area contributed by atoms with E-state index in [4.69, 9.17) is 23.2 Å². The minimum absolute atomic E-state index is 0.605. The quantitative estimate of drug-likeness (QED) is 0.608. The van der Waals surface area contributed by atoms with E-state index in [1.807, 2.05) is 24.3 Å². The Hall–Kier alpha value is -1.33. The predicted octanol–water partition coefficient (Wildman–Crippen LogP) is 4.75. The summed E-state index contributed by atoms with van der Waals surface area (Å²) in [5, 5.41) is 4.88. The van der Waals surface area contributed by atoms with Crippen LogP contribution in [-0.2, 0) is 0 Å². The molecular weight excluding hydrogens is 318 g/mol. The summed E-state index contributed by atoms with van der Waals surface area (Å²) < 4.78 is 0. The fraction of sp³-hybridized carbons (Fsp3) is 0. The third-order valence-electron chi connectivity index (χ3n) is 3.20. The Balaban J connectivity index is 2.20. The Labute approximate surface area is 136 Å². The first kappa shape index (κ1) is 14.6. The van der Waals surface area contributed by atoms with E-state index in [1.165, 1.54) is 10.6 Å². The van der Waals surface area contributed by atoms with E-state index in [0.717, 1.165) is 5.30 Å². The predicted molar refractivity (Wildman–Crippen MR) is 95.2 cm³/mol. The molecule has 0 atom stereocenters. The Morgan fingerprint density at radius 1 is 0.571 bits per heavy atom. The van der Waals surface area contributed by atoms with Crippen LogP contribution in [0.15, 0.2) is 78.9 Å². The molecule has 0 saturated carbocycles. The van der Waals surface area contributed by atoms with Gasteiger partial charge in [-0.05, 0) is 24.6 Å². The smallest absolute Gasteiger partial charge is 0.0675 e. The van der Waals surface area contributed by atoms with Crippen LogP contribution in [0.4, 0.5) is 0 Å². The van der Waals surface area contributed by atoms with Crippen LogP contribution in [0, 0.1) is 0 Å². The van der Waals surface area contributed by atoms with Gasteiger partial charge in [-0.1, -0.05) is 96.0 Å². The first-order valence-corrected chi connectivity index (χ1v) is 8.71. The van der Waals surface area contributed by atoms with Crippen LogP contribution in [0.3, 0.4) is 0 Å². The fourth-order valence-electron chi connectivity index (χ4n) is 2.25. The lowest BCUT2D eigenvalue weighted by Gasteiger charge is -2.20. The van der Waals surface area contributed by atoms with Crippen molar-refractivity contribution in [1.29, 1.82) is 0 Å². The zero-order valence-electron chi connectivity index (χ0n) is 11.2. The SMILES string of the molecule is Clc1cccc(P(c2ccccc2)c2ccccc2)c1Cl. The molecule has 0 aromatic heterocycles. The average molecular weight is 331 g/mol. The molecule has 0 fully saturated rings. The maximum atomic E-state index is 6.47.